The van der Waals surface area contributed by atoms with E-state index in [1.807, 2.05) is 0 Å². The van der Waals surface area contributed by atoms with Crippen LogP contribution >= 0.6 is 0 Å². The van der Waals surface area contributed by atoms with Crippen LogP contribution in [0.25, 0.3) is 0 Å². The van der Waals surface area contributed by atoms with Gasteiger partial charge in [-0.15, -0.1) is 0 Å². The second-order valence-electron chi connectivity index (χ2n) is 5.33. The quantitative estimate of drug-likeness (QED) is 0.768. The Bertz CT molecular complexity index is 757. The lowest BCUT2D eigenvalue weighted by atomic mass is 10.1. The Hall–Kier alpha value is -2.54. The summed E-state index contributed by atoms with van der Waals surface area (Å²) in [5.74, 6) is 1.07. The van der Waals surface area contributed by atoms with E-state index in [9.17, 15) is 9.90 Å². The van der Waals surface area contributed by atoms with E-state index in [-0.39, 0.29) is 17.3 Å². The topological polar surface area (TPSA) is 104 Å². The summed E-state index contributed by atoms with van der Waals surface area (Å²) in [5.41, 5.74) is 7.54. The third-order valence-electron chi connectivity index (χ3n) is 3.85. The maximum absolute atomic E-state index is 12.0. The first-order valence-corrected chi connectivity index (χ1v) is 7.02. The number of nitrogens with one attached hydrogen (secondary N) is 1. The molecule has 1 aromatic carbocycles. The largest absolute Gasteiger partial charge is 0.508 e. The van der Waals surface area contributed by atoms with Crippen molar-refractivity contribution >= 4 is 5.95 Å². The van der Waals surface area contributed by atoms with Crippen molar-refractivity contribution < 1.29 is 9.84 Å². The number of ether oxygens (including phenoxy) is 1. The Labute approximate surface area is 127 Å². The van der Waals surface area contributed by atoms with Gasteiger partial charge in [0.15, 0.2) is 0 Å². The molecule has 0 unspecified atom stereocenters. The van der Waals surface area contributed by atoms with E-state index >= 15 is 0 Å². The van der Waals surface area contributed by atoms with E-state index in [0.29, 0.717) is 30.8 Å². The average Bonchev–Trinajstić information content (AvgIpc) is 2.50. The van der Waals surface area contributed by atoms with Gasteiger partial charge in [0.05, 0.1) is 18.4 Å². The Morgan fingerprint density at radius 3 is 3.09 bits per heavy atom. The first-order chi connectivity index (χ1) is 10.6. The van der Waals surface area contributed by atoms with Crippen LogP contribution in [0.1, 0.15) is 16.8 Å². The molecule has 2 heterocycles. The molecule has 0 fully saturated rings. The van der Waals surface area contributed by atoms with Crippen LogP contribution < -0.4 is 16.0 Å². The van der Waals surface area contributed by atoms with Crippen LogP contribution in [0.4, 0.5) is 5.95 Å². The highest BCUT2D eigenvalue weighted by Crippen LogP contribution is 2.26. The molecule has 7 nitrogen and oxygen atoms in total. The molecule has 1 aromatic heterocycles. The van der Waals surface area contributed by atoms with Crippen LogP contribution in [0.2, 0.25) is 0 Å². The summed E-state index contributed by atoms with van der Waals surface area (Å²) in [7, 11) is 1.59. The minimum absolute atomic E-state index is 0.155. The van der Waals surface area contributed by atoms with Crippen molar-refractivity contribution in [1.29, 1.82) is 0 Å². The molecule has 3 rings (SSSR count). The number of aromatic hydroxyl groups is 1. The SMILES string of the molecule is COc1ccc(O)c(CN2CCc3nc(N)[nH]c(=O)c3C2)c1. The maximum atomic E-state index is 12.0. The number of nitrogen functional groups attached to an aromatic ring is 1. The number of aromatic amines is 1. The molecule has 0 radical (unpaired) electrons. The fraction of sp³-hybridized carbons (Fsp3) is 0.333. The highest BCUT2D eigenvalue weighted by Gasteiger charge is 2.21. The predicted molar refractivity (Wildman–Crippen MR) is 81.7 cm³/mol. The third-order valence-corrected chi connectivity index (χ3v) is 3.85. The number of methoxy groups -OCH3 is 1. The molecule has 0 saturated carbocycles. The van der Waals surface area contributed by atoms with Gasteiger partial charge >= 0.3 is 0 Å². The molecule has 0 saturated heterocycles. The van der Waals surface area contributed by atoms with Gasteiger partial charge in [0.25, 0.3) is 5.56 Å². The number of H-pyrrole nitrogens is 1. The van der Waals surface area contributed by atoms with Gasteiger partial charge in [-0.2, -0.15) is 0 Å². The Morgan fingerprint density at radius 1 is 1.50 bits per heavy atom. The molecule has 0 spiro atoms. The van der Waals surface area contributed by atoms with Crippen molar-refractivity contribution in [3.05, 3.63) is 45.4 Å². The second-order valence-corrected chi connectivity index (χ2v) is 5.33. The lowest BCUT2D eigenvalue weighted by molar-refractivity contribution is 0.238. The Balaban J connectivity index is 1.82. The van der Waals surface area contributed by atoms with E-state index in [4.69, 9.17) is 10.5 Å². The summed E-state index contributed by atoms with van der Waals surface area (Å²) in [6.45, 7) is 1.76. The average molecular weight is 302 g/mol. The molecule has 0 bridgehead atoms. The molecule has 22 heavy (non-hydrogen) atoms. The van der Waals surface area contributed by atoms with Crippen LogP contribution in [0.5, 0.6) is 11.5 Å². The molecule has 7 heteroatoms. The molecule has 0 atom stereocenters. The van der Waals surface area contributed by atoms with Crippen molar-refractivity contribution in [1.82, 2.24) is 14.9 Å². The number of aromatic nitrogens is 2. The molecule has 0 amide bonds. The number of nitrogens with two attached hydrogens (primary N) is 1. The number of fused-ring (bicyclic) bond motifs is 1. The number of phenols is 1. The van der Waals surface area contributed by atoms with Crippen LogP contribution in [0.15, 0.2) is 23.0 Å². The number of nitrogens with zero attached hydrogens (tertiary/aromatic N) is 2. The van der Waals surface area contributed by atoms with Crippen molar-refractivity contribution in [2.45, 2.75) is 19.5 Å². The van der Waals surface area contributed by atoms with E-state index in [0.717, 1.165) is 17.8 Å². The lowest BCUT2D eigenvalue weighted by Gasteiger charge is -2.27. The summed E-state index contributed by atoms with van der Waals surface area (Å²) >= 11 is 0. The highest BCUT2D eigenvalue weighted by molar-refractivity contribution is 5.39. The van der Waals surface area contributed by atoms with Crippen molar-refractivity contribution in [2.24, 2.45) is 0 Å². The number of hydrogen-bond acceptors (Lipinski definition) is 6. The molecule has 4 N–H and O–H groups in total. The van der Waals surface area contributed by atoms with Gasteiger partial charge in [-0.05, 0) is 18.2 Å². The number of phenolic OH excluding ortho intramolecular Hbond substituents is 1. The lowest BCUT2D eigenvalue weighted by Crippen LogP contribution is -2.35. The van der Waals surface area contributed by atoms with Gasteiger partial charge < -0.3 is 15.6 Å². The smallest absolute Gasteiger partial charge is 0.257 e. The normalized spacial score (nSPS) is 14.6. The minimum atomic E-state index is -0.193. The van der Waals surface area contributed by atoms with Crippen LogP contribution in [-0.2, 0) is 19.5 Å². The summed E-state index contributed by atoms with van der Waals surface area (Å²) in [5, 5.41) is 9.97. The molecular formula is C15H18N4O3. The molecular weight excluding hydrogens is 284 g/mol. The fourth-order valence-electron chi connectivity index (χ4n) is 2.69. The van der Waals surface area contributed by atoms with Gasteiger partial charge in [0.1, 0.15) is 11.5 Å². The molecule has 0 aliphatic carbocycles. The Kier molecular flexibility index (Phi) is 3.72. The summed E-state index contributed by atoms with van der Waals surface area (Å²) < 4.78 is 5.18. The fourth-order valence-corrected chi connectivity index (χ4v) is 2.69. The standard InChI is InChI=1S/C15H18N4O3/c1-22-10-2-3-13(20)9(6-10)7-19-5-4-12-11(8-19)14(21)18-15(16)17-12/h2-3,6,20H,4-5,7-8H2,1H3,(H3,16,17,18,21). The number of benzene rings is 1. The van der Waals surface area contributed by atoms with Crippen molar-refractivity contribution in [3.8, 4) is 11.5 Å². The van der Waals surface area contributed by atoms with Crippen LogP contribution in [-0.4, -0.2) is 33.6 Å². The summed E-state index contributed by atoms with van der Waals surface area (Å²) in [4.78, 5) is 20.8. The molecule has 1 aliphatic heterocycles. The van der Waals surface area contributed by atoms with Crippen LogP contribution in [0, 0.1) is 0 Å². The monoisotopic (exact) mass is 302 g/mol. The minimum Gasteiger partial charge on any atom is -0.508 e. The zero-order chi connectivity index (χ0) is 15.7. The van der Waals surface area contributed by atoms with Gasteiger partial charge in [0, 0.05) is 31.6 Å². The van der Waals surface area contributed by atoms with Crippen molar-refractivity contribution in [2.75, 3.05) is 19.4 Å². The van der Waals surface area contributed by atoms with Gasteiger partial charge in [-0.1, -0.05) is 0 Å². The second kappa shape index (κ2) is 5.69. The molecule has 116 valence electrons. The summed E-state index contributed by atoms with van der Waals surface area (Å²) in [6.07, 6.45) is 0.661. The van der Waals surface area contributed by atoms with Gasteiger partial charge in [-0.25, -0.2) is 4.98 Å². The number of rotatable bonds is 3. The number of hydrogen-bond donors (Lipinski definition) is 3. The van der Waals surface area contributed by atoms with Gasteiger partial charge in [-0.3, -0.25) is 14.7 Å². The summed E-state index contributed by atoms with van der Waals surface area (Å²) in [6, 6.07) is 5.12. The maximum Gasteiger partial charge on any atom is 0.257 e. The van der Waals surface area contributed by atoms with Crippen LogP contribution in [0.3, 0.4) is 0 Å². The first-order valence-electron chi connectivity index (χ1n) is 7.02. The predicted octanol–water partition coefficient (Wildman–Crippen LogP) is 0.625. The zero-order valence-corrected chi connectivity index (χ0v) is 12.3. The van der Waals surface area contributed by atoms with Crippen molar-refractivity contribution in [3.63, 3.8) is 0 Å². The zero-order valence-electron chi connectivity index (χ0n) is 12.3. The third kappa shape index (κ3) is 2.75. The Morgan fingerprint density at radius 2 is 2.32 bits per heavy atom. The van der Waals surface area contributed by atoms with E-state index in [2.05, 4.69) is 14.9 Å². The molecule has 2 aromatic rings. The molecule has 1 aliphatic rings. The van der Waals surface area contributed by atoms with E-state index < -0.39 is 0 Å². The van der Waals surface area contributed by atoms with Gasteiger partial charge in [0.2, 0.25) is 5.95 Å². The first kappa shape index (κ1) is 14.4. The van der Waals surface area contributed by atoms with E-state index in [1.165, 1.54) is 0 Å². The van der Waals surface area contributed by atoms with E-state index in [1.54, 1.807) is 25.3 Å². The highest BCUT2D eigenvalue weighted by atomic mass is 16.5. The number of anilines is 1.